The van der Waals surface area contributed by atoms with Gasteiger partial charge < -0.3 is 10.8 Å². The van der Waals surface area contributed by atoms with Crippen molar-refractivity contribution in [3.8, 4) is 0 Å². The van der Waals surface area contributed by atoms with E-state index in [-0.39, 0.29) is 23.2 Å². The molecule has 3 N–H and O–H groups in total. The van der Waals surface area contributed by atoms with Crippen molar-refractivity contribution >= 4 is 11.9 Å². The van der Waals surface area contributed by atoms with Gasteiger partial charge in [0.25, 0.3) is 0 Å². The second kappa shape index (κ2) is 5.35. The van der Waals surface area contributed by atoms with Crippen LogP contribution in [0.15, 0.2) is 18.2 Å². The quantitative estimate of drug-likeness (QED) is 0.891. The van der Waals surface area contributed by atoms with Crippen LogP contribution in [0.2, 0.25) is 0 Å². The summed E-state index contributed by atoms with van der Waals surface area (Å²) in [5, 5.41) is 13.2. The fourth-order valence-electron chi connectivity index (χ4n) is 2.17. The molecule has 0 atom stereocenters. The fourth-order valence-corrected chi connectivity index (χ4v) is 2.17. The lowest BCUT2D eigenvalue weighted by atomic mass is 10.1. The lowest BCUT2D eigenvalue weighted by molar-refractivity contribution is 0.0695. The molecule has 0 saturated carbocycles. The number of benzene rings is 1. The summed E-state index contributed by atoms with van der Waals surface area (Å²) in [6, 6.07) is 3.79. The maximum Gasteiger partial charge on any atom is 0.339 e. The summed E-state index contributed by atoms with van der Waals surface area (Å²) >= 11 is 0. The van der Waals surface area contributed by atoms with E-state index in [9.17, 15) is 14.0 Å². The summed E-state index contributed by atoms with van der Waals surface area (Å²) in [5.74, 6) is -2.25. The van der Waals surface area contributed by atoms with Crippen LogP contribution >= 0.6 is 0 Å². The van der Waals surface area contributed by atoms with Gasteiger partial charge in [0.1, 0.15) is 11.4 Å². The van der Waals surface area contributed by atoms with Crippen molar-refractivity contribution < 1.29 is 19.1 Å². The number of carboxylic acid groups (broad SMARTS) is 1. The predicted octanol–water partition coefficient (Wildman–Crippen LogP) is 1.48. The first-order chi connectivity index (χ1) is 9.81. The first-order valence-electron chi connectivity index (χ1n) is 6.16. The number of aryl methyl sites for hydroxylation is 1. The molecule has 7 heteroatoms. The van der Waals surface area contributed by atoms with Crippen LogP contribution in [0.25, 0.3) is 0 Å². The highest BCUT2D eigenvalue weighted by Crippen LogP contribution is 2.17. The van der Waals surface area contributed by atoms with Crippen LogP contribution < -0.4 is 5.73 Å². The molecule has 0 radical (unpaired) electrons. The lowest BCUT2D eigenvalue weighted by Gasteiger charge is -2.07. The first-order valence-corrected chi connectivity index (χ1v) is 6.16. The number of carboxylic acids is 1. The third-order valence-corrected chi connectivity index (χ3v) is 3.25. The maximum absolute atomic E-state index is 13.8. The van der Waals surface area contributed by atoms with Gasteiger partial charge in [0.05, 0.1) is 17.9 Å². The summed E-state index contributed by atoms with van der Waals surface area (Å²) in [6.07, 6.45) is 0. The predicted molar refractivity (Wildman–Crippen MR) is 72.7 cm³/mol. The molecule has 1 aromatic carbocycles. The van der Waals surface area contributed by atoms with Gasteiger partial charge >= 0.3 is 5.97 Å². The molecule has 0 aliphatic carbocycles. The number of amides is 1. The van der Waals surface area contributed by atoms with E-state index in [1.54, 1.807) is 13.8 Å². The van der Waals surface area contributed by atoms with Crippen molar-refractivity contribution in [2.45, 2.75) is 20.4 Å². The number of aromatic nitrogens is 2. The van der Waals surface area contributed by atoms with Gasteiger partial charge in [-0.1, -0.05) is 0 Å². The largest absolute Gasteiger partial charge is 0.478 e. The number of nitrogens with zero attached hydrogens (tertiary/aromatic N) is 2. The maximum atomic E-state index is 13.8. The molecule has 0 fully saturated rings. The minimum absolute atomic E-state index is 0.0207. The molecular weight excluding hydrogens is 277 g/mol. The van der Waals surface area contributed by atoms with Gasteiger partial charge in [0.15, 0.2) is 0 Å². The van der Waals surface area contributed by atoms with E-state index in [1.165, 1.54) is 16.8 Å². The number of carbonyl (C=O) groups excluding carboxylic acids is 1. The molecule has 1 amide bonds. The average Bonchev–Trinajstić information content (AvgIpc) is 2.66. The van der Waals surface area contributed by atoms with Gasteiger partial charge in [-0.05, 0) is 32.0 Å². The van der Waals surface area contributed by atoms with Crippen LogP contribution in [0.5, 0.6) is 0 Å². The lowest BCUT2D eigenvalue weighted by Crippen LogP contribution is -2.13. The van der Waals surface area contributed by atoms with Crippen LogP contribution in [0, 0.1) is 19.7 Å². The molecule has 0 aliphatic rings. The van der Waals surface area contributed by atoms with Crippen LogP contribution in [0.4, 0.5) is 4.39 Å². The molecule has 0 aliphatic heterocycles. The molecule has 0 saturated heterocycles. The normalized spacial score (nSPS) is 10.6. The molecule has 0 spiro atoms. The Morgan fingerprint density at radius 3 is 2.57 bits per heavy atom. The number of aromatic carboxylic acids is 1. The Kier molecular flexibility index (Phi) is 3.75. The van der Waals surface area contributed by atoms with E-state index < -0.39 is 17.7 Å². The topological polar surface area (TPSA) is 98.2 Å². The summed E-state index contributed by atoms with van der Waals surface area (Å²) in [4.78, 5) is 22.3. The minimum atomic E-state index is -1.08. The van der Waals surface area contributed by atoms with Crippen molar-refractivity contribution in [3.05, 3.63) is 52.1 Å². The van der Waals surface area contributed by atoms with E-state index >= 15 is 0 Å². The number of rotatable bonds is 4. The average molecular weight is 291 g/mol. The van der Waals surface area contributed by atoms with Crippen molar-refractivity contribution in [2.75, 3.05) is 0 Å². The van der Waals surface area contributed by atoms with Crippen LogP contribution in [0.3, 0.4) is 0 Å². The zero-order valence-electron chi connectivity index (χ0n) is 11.6. The van der Waals surface area contributed by atoms with Gasteiger partial charge in [0, 0.05) is 11.1 Å². The molecule has 1 heterocycles. The van der Waals surface area contributed by atoms with Gasteiger partial charge in [-0.15, -0.1) is 0 Å². The van der Waals surface area contributed by atoms with Crippen molar-refractivity contribution in [2.24, 2.45) is 5.73 Å². The monoisotopic (exact) mass is 291 g/mol. The van der Waals surface area contributed by atoms with Crippen LogP contribution in [0.1, 0.15) is 37.7 Å². The molecule has 110 valence electrons. The third kappa shape index (κ3) is 2.76. The number of halogens is 1. The fraction of sp³-hybridized carbons (Fsp3) is 0.214. The summed E-state index contributed by atoms with van der Waals surface area (Å²) in [5.41, 5.74) is 6.44. The Morgan fingerprint density at radius 2 is 2.05 bits per heavy atom. The zero-order valence-corrected chi connectivity index (χ0v) is 11.6. The second-order valence-electron chi connectivity index (χ2n) is 4.68. The molecule has 0 bridgehead atoms. The Bertz CT molecular complexity index is 737. The molecule has 2 aromatic rings. The first kappa shape index (κ1) is 14.7. The molecular formula is C14H14FN3O3. The number of carbonyl (C=O) groups is 2. The molecule has 1 aromatic heterocycles. The number of primary amides is 1. The van der Waals surface area contributed by atoms with Crippen molar-refractivity contribution in [1.82, 2.24) is 9.78 Å². The Hall–Kier alpha value is -2.70. The van der Waals surface area contributed by atoms with E-state index in [0.29, 0.717) is 11.4 Å². The summed E-state index contributed by atoms with van der Waals surface area (Å²) < 4.78 is 15.2. The SMILES string of the molecule is Cc1nn(Cc2cc(C(N)=O)ccc2F)c(C)c1C(=O)O. The Labute approximate surface area is 120 Å². The van der Waals surface area contributed by atoms with Crippen LogP contribution in [-0.4, -0.2) is 26.8 Å². The smallest absolute Gasteiger partial charge is 0.339 e. The van der Waals surface area contributed by atoms with Crippen LogP contribution in [-0.2, 0) is 6.54 Å². The standard InChI is InChI=1S/C14H14FN3O3/c1-7-12(14(20)21)8(2)18(17-7)6-10-5-9(13(16)19)3-4-11(10)15/h3-5H,6H2,1-2H3,(H2,16,19)(H,20,21). The number of nitrogens with two attached hydrogens (primary N) is 1. The van der Waals surface area contributed by atoms with E-state index in [2.05, 4.69) is 5.10 Å². The van der Waals surface area contributed by atoms with Gasteiger partial charge in [-0.3, -0.25) is 9.48 Å². The highest BCUT2D eigenvalue weighted by Gasteiger charge is 2.18. The summed E-state index contributed by atoms with van der Waals surface area (Å²) in [7, 11) is 0. The molecule has 2 rings (SSSR count). The second-order valence-corrected chi connectivity index (χ2v) is 4.68. The summed E-state index contributed by atoms with van der Waals surface area (Å²) in [6.45, 7) is 3.19. The van der Waals surface area contributed by atoms with Crippen molar-refractivity contribution in [1.29, 1.82) is 0 Å². The Balaban J connectivity index is 2.43. The number of hydrogen-bond acceptors (Lipinski definition) is 3. The molecule has 21 heavy (non-hydrogen) atoms. The number of hydrogen-bond donors (Lipinski definition) is 2. The highest BCUT2D eigenvalue weighted by molar-refractivity contribution is 5.93. The third-order valence-electron chi connectivity index (χ3n) is 3.25. The van der Waals surface area contributed by atoms with E-state index in [4.69, 9.17) is 10.8 Å². The van der Waals surface area contributed by atoms with Gasteiger partial charge in [0.2, 0.25) is 5.91 Å². The zero-order chi connectivity index (χ0) is 15.7. The van der Waals surface area contributed by atoms with Crippen molar-refractivity contribution in [3.63, 3.8) is 0 Å². The van der Waals surface area contributed by atoms with E-state index in [1.807, 2.05) is 0 Å². The highest BCUT2D eigenvalue weighted by atomic mass is 19.1. The molecule has 6 nitrogen and oxygen atoms in total. The van der Waals surface area contributed by atoms with Gasteiger partial charge in [-0.2, -0.15) is 5.10 Å². The van der Waals surface area contributed by atoms with Gasteiger partial charge in [-0.25, -0.2) is 9.18 Å². The minimum Gasteiger partial charge on any atom is -0.478 e. The van der Waals surface area contributed by atoms with E-state index in [0.717, 1.165) is 6.07 Å². The molecule has 0 unspecified atom stereocenters. The Morgan fingerprint density at radius 1 is 1.38 bits per heavy atom.